The van der Waals surface area contributed by atoms with Gasteiger partial charge in [0.2, 0.25) is 0 Å². The second-order valence-electron chi connectivity index (χ2n) is 5.55. The van der Waals surface area contributed by atoms with Crippen LogP contribution < -0.4 is 4.74 Å². The largest absolute Gasteiger partial charge is 0.494 e. The first-order chi connectivity index (χ1) is 9.41. The third kappa shape index (κ3) is 3.22. The van der Waals surface area contributed by atoms with Gasteiger partial charge in [0.1, 0.15) is 10.8 Å². The summed E-state index contributed by atoms with van der Waals surface area (Å²) >= 11 is 1.52. The number of pyridine rings is 1. The van der Waals surface area contributed by atoms with Gasteiger partial charge in [-0.15, -0.1) is 11.3 Å². The lowest BCUT2D eigenvalue weighted by atomic mass is 9.93. The lowest BCUT2D eigenvalue weighted by molar-refractivity contribution is 0.0989. The maximum atomic E-state index is 12.3. The molecule has 0 atom stereocenters. The van der Waals surface area contributed by atoms with Crippen LogP contribution >= 0.6 is 11.3 Å². The molecule has 20 heavy (non-hydrogen) atoms. The van der Waals surface area contributed by atoms with Crippen molar-refractivity contribution in [1.82, 2.24) is 9.97 Å². The summed E-state index contributed by atoms with van der Waals surface area (Å²) in [5.41, 5.74) is 1.58. The Morgan fingerprint density at radius 3 is 2.75 bits per heavy atom. The summed E-state index contributed by atoms with van der Waals surface area (Å²) < 4.78 is 5.16. The molecule has 0 saturated carbocycles. The Morgan fingerprint density at radius 1 is 1.40 bits per heavy atom. The molecule has 2 aromatic rings. The Kier molecular flexibility index (Phi) is 4.18. The van der Waals surface area contributed by atoms with E-state index in [0.29, 0.717) is 17.7 Å². The van der Waals surface area contributed by atoms with Gasteiger partial charge in [-0.3, -0.25) is 9.78 Å². The first kappa shape index (κ1) is 14.7. The molecular weight excluding hydrogens is 272 g/mol. The van der Waals surface area contributed by atoms with Crippen LogP contribution in [0.4, 0.5) is 0 Å². The first-order valence-electron chi connectivity index (χ1n) is 6.38. The third-order valence-corrected chi connectivity index (χ3v) is 3.79. The number of nitrogens with zero attached hydrogens (tertiary/aromatic N) is 2. The predicted molar refractivity (Wildman–Crippen MR) is 79.6 cm³/mol. The van der Waals surface area contributed by atoms with Crippen molar-refractivity contribution in [3.05, 3.63) is 40.1 Å². The van der Waals surface area contributed by atoms with Crippen molar-refractivity contribution in [2.45, 2.75) is 32.6 Å². The van der Waals surface area contributed by atoms with Crippen LogP contribution in [0.1, 0.15) is 41.8 Å². The monoisotopic (exact) mass is 290 g/mol. The van der Waals surface area contributed by atoms with Gasteiger partial charge in [0.25, 0.3) is 0 Å². The number of carbonyl (C=O) groups excluding carboxylic acids is 1. The number of ether oxygens (including phenoxy) is 1. The number of methoxy groups -OCH3 is 1. The van der Waals surface area contributed by atoms with Gasteiger partial charge in [0, 0.05) is 17.0 Å². The van der Waals surface area contributed by atoms with Crippen molar-refractivity contribution in [2.24, 2.45) is 0 Å². The van der Waals surface area contributed by atoms with E-state index in [1.807, 2.05) is 5.38 Å². The van der Waals surface area contributed by atoms with E-state index >= 15 is 0 Å². The van der Waals surface area contributed by atoms with Crippen molar-refractivity contribution < 1.29 is 9.53 Å². The molecule has 106 valence electrons. The summed E-state index contributed by atoms with van der Waals surface area (Å²) in [6, 6.07) is 1.68. The van der Waals surface area contributed by atoms with E-state index in [4.69, 9.17) is 4.74 Å². The van der Waals surface area contributed by atoms with E-state index in [-0.39, 0.29) is 11.2 Å². The summed E-state index contributed by atoms with van der Waals surface area (Å²) in [6.07, 6.45) is 3.44. The van der Waals surface area contributed by atoms with Crippen LogP contribution in [0.3, 0.4) is 0 Å². The van der Waals surface area contributed by atoms with Gasteiger partial charge >= 0.3 is 0 Å². The van der Waals surface area contributed by atoms with Crippen LogP contribution in [0, 0.1) is 0 Å². The smallest absolute Gasteiger partial charge is 0.173 e. The molecule has 2 aromatic heterocycles. The SMILES string of the molecule is COc1cnccc1C(=O)Cc1nc(C(C)(C)C)cs1. The van der Waals surface area contributed by atoms with Crippen molar-refractivity contribution in [3.63, 3.8) is 0 Å². The minimum absolute atomic E-state index is 0.000871. The summed E-state index contributed by atoms with van der Waals surface area (Å²) in [7, 11) is 1.54. The minimum atomic E-state index is -0.000871. The average Bonchev–Trinajstić information content (AvgIpc) is 2.87. The van der Waals surface area contributed by atoms with Crippen LogP contribution in [0.2, 0.25) is 0 Å². The molecule has 0 bridgehead atoms. The predicted octanol–water partition coefficient (Wildman–Crippen LogP) is 3.27. The summed E-state index contributed by atoms with van der Waals surface area (Å²) in [6.45, 7) is 6.33. The van der Waals surface area contributed by atoms with Crippen LogP contribution in [0.25, 0.3) is 0 Å². The van der Waals surface area contributed by atoms with Gasteiger partial charge in [-0.25, -0.2) is 4.98 Å². The van der Waals surface area contributed by atoms with Gasteiger partial charge in [0.05, 0.1) is 31.0 Å². The third-order valence-electron chi connectivity index (χ3n) is 2.94. The second-order valence-corrected chi connectivity index (χ2v) is 6.50. The second kappa shape index (κ2) is 5.71. The van der Waals surface area contributed by atoms with E-state index in [1.54, 1.807) is 18.5 Å². The van der Waals surface area contributed by atoms with Crippen molar-refractivity contribution in [1.29, 1.82) is 0 Å². The fourth-order valence-electron chi connectivity index (χ4n) is 1.74. The molecule has 0 radical (unpaired) electrons. The Balaban J connectivity index is 2.18. The molecule has 2 heterocycles. The number of hydrogen-bond acceptors (Lipinski definition) is 5. The maximum Gasteiger partial charge on any atom is 0.173 e. The molecule has 0 saturated heterocycles. The molecule has 0 aliphatic rings. The fourth-order valence-corrected chi connectivity index (χ4v) is 2.76. The number of thiazole rings is 1. The van der Waals surface area contributed by atoms with Crippen LogP contribution in [-0.2, 0) is 11.8 Å². The van der Waals surface area contributed by atoms with Gasteiger partial charge in [-0.05, 0) is 6.07 Å². The summed E-state index contributed by atoms with van der Waals surface area (Å²) in [5.74, 6) is 0.504. The lowest BCUT2D eigenvalue weighted by Gasteiger charge is -2.14. The molecule has 5 heteroatoms. The Hall–Kier alpha value is -1.75. The van der Waals surface area contributed by atoms with Crippen molar-refractivity contribution >= 4 is 17.1 Å². The zero-order valence-corrected chi connectivity index (χ0v) is 13.0. The Morgan fingerprint density at radius 2 is 2.15 bits per heavy atom. The molecule has 0 amide bonds. The normalized spacial score (nSPS) is 11.4. The summed E-state index contributed by atoms with van der Waals surface area (Å²) in [5, 5.41) is 2.85. The Labute approximate surface area is 122 Å². The highest BCUT2D eigenvalue weighted by atomic mass is 32.1. The maximum absolute atomic E-state index is 12.3. The number of rotatable bonds is 4. The van der Waals surface area contributed by atoms with Gasteiger partial charge in [0.15, 0.2) is 5.78 Å². The first-order valence-corrected chi connectivity index (χ1v) is 7.26. The highest BCUT2D eigenvalue weighted by Gasteiger charge is 2.19. The summed E-state index contributed by atoms with van der Waals surface area (Å²) in [4.78, 5) is 20.8. The van der Waals surface area contributed by atoms with Crippen molar-refractivity contribution in [2.75, 3.05) is 7.11 Å². The van der Waals surface area contributed by atoms with E-state index in [0.717, 1.165) is 10.7 Å². The highest BCUT2D eigenvalue weighted by Crippen LogP contribution is 2.25. The van der Waals surface area contributed by atoms with Crippen molar-refractivity contribution in [3.8, 4) is 5.75 Å². The van der Waals surface area contributed by atoms with Gasteiger partial charge in [-0.1, -0.05) is 20.8 Å². The van der Waals surface area contributed by atoms with Crippen LogP contribution in [0.15, 0.2) is 23.8 Å². The molecule has 2 rings (SSSR count). The average molecular weight is 290 g/mol. The van der Waals surface area contributed by atoms with E-state index in [1.165, 1.54) is 18.4 Å². The van der Waals surface area contributed by atoms with E-state index in [9.17, 15) is 4.79 Å². The minimum Gasteiger partial charge on any atom is -0.494 e. The quantitative estimate of drug-likeness (QED) is 0.811. The molecule has 0 aliphatic carbocycles. The fraction of sp³-hybridized carbons (Fsp3) is 0.400. The molecule has 0 aromatic carbocycles. The molecule has 0 aliphatic heterocycles. The standard InChI is InChI=1S/C15H18N2O2S/c1-15(2,3)13-9-20-14(17-13)7-11(18)10-5-6-16-8-12(10)19-4/h5-6,8-9H,7H2,1-4H3. The van der Waals surface area contributed by atoms with Crippen LogP contribution in [0.5, 0.6) is 5.75 Å². The van der Waals surface area contributed by atoms with Crippen LogP contribution in [-0.4, -0.2) is 22.9 Å². The highest BCUT2D eigenvalue weighted by molar-refractivity contribution is 7.09. The number of carbonyl (C=O) groups is 1. The van der Waals surface area contributed by atoms with E-state index < -0.39 is 0 Å². The molecule has 0 unspecified atom stereocenters. The number of hydrogen-bond donors (Lipinski definition) is 0. The zero-order chi connectivity index (χ0) is 14.8. The molecule has 0 fully saturated rings. The molecule has 0 spiro atoms. The zero-order valence-electron chi connectivity index (χ0n) is 12.1. The number of aromatic nitrogens is 2. The molecular formula is C15H18N2O2S. The lowest BCUT2D eigenvalue weighted by Crippen LogP contribution is -2.12. The van der Waals surface area contributed by atoms with E-state index in [2.05, 4.69) is 30.7 Å². The Bertz CT molecular complexity index is 614. The number of Topliss-reactive ketones (excluding diaryl/α,β-unsaturated/α-hetero) is 1. The van der Waals surface area contributed by atoms with Gasteiger partial charge in [-0.2, -0.15) is 0 Å². The topological polar surface area (TPSA) is 52.1 Å². The number of ketones is 1. The molecule has 4 nitrogen and oxygen atoms in total. The van der Waals surface area contributed by atoms with Gasteiger partial charge < -0.3 is 4.74 Å². The molecule has 0 N–H and O–H groups in total.